The van der Waals surface area contributed by atoms with Crippen LogP contribution in [0.5, 0.6) is 5.75 Å². The number of hydrogen-bond donors (Lipinski definition) is 2. The third-order valence-electron chi connectivity index (χ3n) is 6.37. The van der Waals surface area contributed by atoms with Gasteiger partial charge in [0.15, 0.2) is 0 Å². The van der Waals surface area contributed by atoms with Crippen molar-refractivity contribution in [3.8, 4) is 22.9 Å². The quantitative estimate of drug-likeness (QED) is 0.323. The number of pyridine rings is 1. The van der Waals surface area contributed by atoms with E-state index in [4.69, 9.17) is 0 Å². The SMILES string of the molecule is N#Cc1ccncc1-c1ccc(N2C(=O)[C@H](SC[C@@H](O)c3ccc(F)cc3)[C@H]2c2ccc(O)cc2)cc1. The number of amides is 1. The molecule has 1 saturated heterocycles. The Morgan fingerprint density at radius 3 is 2.41 bits per heavy atom. The first-order valence-corrected chi connectivity index (χ1v) is 12.6. The Morgan fingerprint density at radius 2 is 1.73 bits per heavy atom. The van der Waals surface area contributed by atoms with E-state index in [1.165, 1.54) is 36.0 Å². The minimum Gasteiger partial charge on any atom is -0.508 e. The van der Waals surface area contributed by atoms with Gasteiger partial charge in [0.2, 0.25) is 5.91 Å². The number of β-lactam (4-membered cyclic amide) rings is 1. The molecule has 1 aliphatic heterocycles. The van der Waals surface area contributed by atoms with E-state index in [1.807, 2.05) is 24.3 Å². The molecule has 0 radical (unpaired) electrons. The number of phenolic OH excluding ortho intramolecular Hbond substituents is 1. The summed E-state index contributed by atoms with van der Waals surface area (Å²) in [6, 6.07) is 23.3. The number of aromatic hydroxyl groups is 1. The van der Waals surface area contributed by atoms with E-state index in [-0.39, 0.29) is 29.3 Å². The molecule has 0 spiro atoms. The molecule has 0 saturated carbocycles. The maximum absolute atomic E-state index is 13.3. The number of thioether (sulfide) groups is 1. The molecule has 184 valence electrons. The van der Waals surface area contributed by atoms with Gasteiger partial charge in [0, 0.05) is 29.4 Å². The Kier molecular flexibility index (Phi) is 6.91. The van der Waals surface area contributed by atoms with Crippen LogP contribution in [0.1, 0.15) is 28.8 Å². The summed E-state index contributed by atoms with van der Waals surface area (Å²) in [7, 11) is 0. The number of phenols is 1. The van der Waals surface area contributed by atoms with E-state index < -0.39 is 11.4 Å². The van der Waals surface area contributed by atoms with Crippen molar-refractivity contribution >= 4 is 23.4 Å². The predicted octanol–water partition coefficient (Wildman–Crippen LogP) is 5.39. The lowest BCUT2D eigenvalue weighted by Gasteiger charge is -2.47. The van der Waals surface area contributed by atoms with Crippen molar-refractivity contribution in [1.82, 2.24) is 4.98 Å². The van der Waals surface area contributed by atoms with Crippen LogP contribution in [-0.2, 0) is 4.79 Å². The second kappa shape index (κ2) is 10.4. The molecular weight excluding hydrogens is 489 g/mol. The lowest BCUT2D eigenvalue weighted by atomic mass is 9.91. The van der Waals surface area contributed by atoms with Gasteiger partial charge in [-0.15, -0.1) is 11.8 Å². The van der Waals surface area contributed by atoms with Crippen molar-refractivity contribution in [3.63, 3.8) is 0 Å². The van der Waals surface area contributed by atoms with E-state index in [1.54, 1.807) is 47.6 Å². The van der Waals surface area contributed by atoms with Gasteiger partial charge in [0.25, 0.3) is 0 Å². The Balaban J connectivity index is 1.39. The highest BCUT2D eigenvalue weighted by Gasteiger charge is 2.49. The van der Waals surface area contributed by atoms with Gasteiger partial charge in [-0.3, -0.25) is 9.78 Å². The zero-order chi connectivity index (χ0) is 25.9. The molecule has 0 aliphatic carbocycles. The summed E-state index contributed by atoms with van der Waals surface area (Å²) in [6.07, 6.45) is 2.36. The smallest absolute Gasteiger partial charge is 0.243 e. The van der Waals surface area contributed by atoms with Crippen LogP contribution in [0.4, 0.5) is 10.1 Å². The van der Waals surface area contributed by atoms with E-state index in [2.05, 4.69) is 11.1 Å². The fourth-order valence-corrected chi connectivity index (χ4v) is 5.71. The molecule has 2 heterocycles. The first kappa shape index (κ1) is 24.5. The summed E-state index contributed by atoms with van der Waals surface area (Å²) >= 11 is 1.35. The maximum Gasteiger partial charge on any atom is 0.243 e. The van der Waals surface area contributed by atoms with Gasteiger partial charge in [-0.2, -0.15) is 5.26 Å². The minimum atomic E-state index is -0.846. The van der Waals surface area contributed by atoms with Crippen LogP contribution in [0.2, 0.25) is 0 Å². The van der Waals surface area contributed by atoms with E-state index in [9.17, 15) is 24.7 Å². The first-order valence-electron chi connectivity index (χ1n) is 11.6. The van der Waals surface area contributed by atoms with Crippen molar-refractivity contribution < 1.29 is 19.4 Å². The molecule has 0 unspecified atom stereocenters. The number of halogens is 1. The second-order valence-corrected chi connectivity index (χ2v) is 9.82. The second-order valence-electron chi connectivity index (χ2n) is 8.65. The Labute approximate surface area is 217 Å². The van der Waals surface area contributed by atoms with Gasteiger partial charge in [0.05, 0.1) is 23.8 Å². The monoisotopic (exact) mass is 511 g/mol. The molecular formula is C29H22FN3O3S. The highest BCUT2D eigenvalue weighted by Crippen LogP contribution is 2.46. The molecule has 37 heavy (non-hydrogen) atoms. The molecule has 1 fully saturated rings. The molecule has 0 bridgehead atoms. The minimum absolute atomic E-state index is 0.0961. The van der Waals surface area contributed by atoms with Crippen LogP contribution in [0.3, 0.4) is 0 Å². The molecule has 6 nitrogen and oxygen atoms in total. The number of nitriles is 1. The highest BCUT2D eigenvalue weighted by atomic mass is 32.2. The van der Waals surface area contributed by atoms with Crippen LogP contribution in [-0.4, -0.2) is 32.1 Å². The largest absolute Gasteiger partial charge is 0.508 e. The van der Waals surface area contributed by atoms with Gasteiger partial charge in [-0.1, -0.05) is 36.4 Å². The number of rotatable bonds is 7. The number of carbonyl (C=O) groups is 1. The molecule has 1 aromatic heterocycles. The Morgan fingerprint density at radius 1 is 1.03 bits per heavy atom. The van der Waals surface area contributed by atoms with Crippen molar-refractivity contribution in [3.05, 3.63) is 114 Å². The lowest BCUT2D eigenvalue weighted by molar-refractivity contribution is -0.123. The van der Waals surface area contributed by atoms with Crippen LogP contribution in [0, 0.1) is 17.1 Å². The number of carbonyl (C=O) groups excluding carboxylic acids is 1. The number of aliphatic hydroxyl groups is 1. The summed E-state index contributed by atoms with van der Waals surface area (Å²) in [5, 5.41) is 29.3. The number of hydrogen-bond acceptors (Lipinski definition) is 6. The molecule has 8 heteroatoms. The van der Waals surface area contributed by atoms with Gasteiger partial charge in [-0.25, -0.2) is 4.39 Å². The normalized spacial score (nSPS) is 17.6. The topological polar surface area (TPSA) is 97.5 Å². The summed E-state index contributed by atoms with van der Waals surface area (Å²) in [4.78, 5) is 19.2. The fourth-order valence-electron chi connectivity index (χ4n) is 4.41. The van der Waals surface area contributed by atoms with Gasteiger partial charge in [0.1, 0.15) is 16.8 Å². The van der Waals surface area contributed by atoms with Crippen LogP contribution < -0.4 is 4.90 Å². The van der Waals surface area contributed by atoms with Crippen molar-refractivity contribution in [2.24, 2.45) is 0 Å². The summed E-state index contributed by atoms with van der Waals surface area (Å²) in [5.41, 5.74) is 4.18. The van der Waals surface area contributed by atoms with Crippen LogP contribution >= 0.6 is 11.8 Å². The molecule has 2 N–H and O–H groups in total. The van der Waals surface area contributed by atoms with E-state index in [0.717, 1.165) is 11.1 Å². The summed E-state index contributed by atoms with van der Waals surface area (Å²) in [6.45, 7) is 0. The highest BCUT2D eigenvalue weighted by molar-refractivity contribution is 8.00. The maximum atomic E-state index is 13.3. The number of anilines is 1. The Hall–Kier alpha value is -4.19. The standard InChI is InChI=1S/C29H22FN3O3S/c30-22-7-1-19(2-8-22)26(35)17-37-28-27(20-5-11-24(34)12-6-20)33(29(28)36)23-9-3-18(4-10-23)25-16-32-14-13-21(25)15-31/h1-14,16,26-28,34-35H,17H2/t26-,27-,28-/m1/s1. The average Bonchev–Trinajstić information content (AvgIpc) is 2.93. The van der Waals surface area contributed by atoms with Gasteiger partial charge in [-0.05, 0) is 59.2 Å². The van der Waals surface area contributed by atoms with Gasteiger partial charge >= 0.3 is 0 Å². The lowest BCUT2D eigenvalue weighted by Crippen LogP contribution is -2.57. The number of aliphatic hydroxyl groups excluding tert-OH is 1. The van der Waals surface area contributed by atoms with Crippen LogP contribution in [0.15, 0.2) is 91.3 Å². The summed E-state index contributed by atoms with van der Waals surface area (Å²) < 4.78 is 13.2. The Bertz CT molecular complexity index is 1450. The fraction of sp³-hybridized carbons (Fsp3) is 0.138. The zero-order valence-electron chi connectivity index (χ0n) is 19.5. The number of aromatic nitrogens is 1. The number of nitrogens with zero attached hydrogens (tertiary/aromatic N) is 3. The molecule has 1 amide bonds. The third-order valence-corrected chi connectivity index (χ3v) is 7.69. The molecule has 4 aromatic rings. The summed E-state index contributed by atoms with van der Waals surface area (Å²) in [5.74, 6) is -0.0760. The molecule has 3 atom stereocenters. The molecule has 1 aliphatic rings. The van der Waals surface area contributed by atoms with Crippen molar-refractivity contribution in [2.75, 3.05) is 10.7 Å². The number of benzene rings is 3. The van der Waals surface area contributed by atoms with E-state index in [0.29, 0.717) is 22.4 Å². The van der Waals surface area contributed by atoms with Crippen LogP contribution in [0.25, 0.3) is 11.1 Å². The van der Waals surface area contributed by atoms with E-state index >= 15 is 0 Å². The average molecular weight is 512 g/mol. The molecule has 3 aromatic carbocycles. The van der Waals surface area contributed by atoms with Crippen molar-refractivity contribution in [2.45, 2.75) is 17.4 Å². The van der Waals surface area contributed by atoms with Gasteiger partial charge < -0.3 is 15.1 Å². The first-order chi connectivity index (χ1) is 18.0. The van der Waals surface area contributed by atoms with Crippen molar-refractivity contribution in [1.29, 1.82) is 5.26 Å². The molecule has 5 rings (SSSR count). The predicted molar refractivity (Wildman–Crippen MR) is 140 cm³/mol. The zero-order valence-corrected chi connectivity index (χ0v) is 20.3. The third kappa shape index (κ3) is 4.92.